The second kappa shape index (κ2) is 5.85. The van der Waals surface area contributed by atoms with E-state index in [1.54, 1.807) is 6.92 Å². The molecule has 0 bridgehead atoms. The summed E-state index contributed by atoms with van der Waals surface area (Å²) in [5.41, 5.74) is 0.759. The van der Waals surface area contributed by atoms with Crippen molar-refractivity contribution < 1.29 is 17.9 Å². The first-order valence-corrected chi connectivity index (χ1v) is 5.82. The molecule has 0 amide bonds. The zero-order valence-corrected chi connectivity index (χ0v) is 11.1. The minimum absolute atomic E-state index is 0.0244. The number of nitrogens with two attached hydrogens (primary N) is 1. The molecule has 3 N–H and O–H groups in total. The summed E-state index contributed by atoms with van der Waals surface area (Å²) in [5, 5.41) is 0. The quantitative estimate of drug-likeness (QED) is 0.641. The number of nitrogens with zero attached hydrogens (tertiary/aromatic N) is 1. The highest BCUT2D eigenvalue weighted by atomic mass is 19.4. The number of hydrogen-bond donors (Lipinski definition) is 2. The first-order valence-electron chi connectivity index (χ1n) is 5.82. The Labute approximate surface area is 110 Å². The summed E-state index contributed by atoms with van der Waals surface area (Å²) >= 11 is 0. The van der Waals surface area contributed by atoms with Crippen LogP contribution in [0.5, 0.6) is 0 Å². The summed E-state index contributed by atoms with van der Waals surface area (Å²) in [4.78, 5) is 3.76. The molecule has 0 aromatic carbocycles. The molecule has 1 rings (SSSR count). The predicted octanol–water partition coefficient (Wildman–Crippen LogP) is 2.42. The van der Waals surface area contributed by atoms with Crippen LogP contribution in [0, 0.1) is 0 Å². The molecular weight excluding hydrogens is 259 g/mol. The molecule has 0 aliphatic rings. The van der Waals surface area contributed by atoms with E-state index in [1.165, 1.54) is 13.3 Å². The van der Waals surface area contributed by atoms with Gasteiger partial charge in [0.2, 0.25) is 0 Å². The second-order valence-electron chi connectivity index (χ2n) is 4.43. The van der Waals surface area contributed by atoms with Gasteiger partial charge in [-0.15, -0.1) is 0 Å². The Morgan fingerprint density at radius 1 is 1.47 bits per heavy atom. The highest BCUT2D eigenvalue weighted by Gasteiger charge is 2.40. The number of hydrazine groups is 1. The van der Waals surface area contributed by atoms with Gasteiger partial charge in [-0.2, -0.15) is 13.2 Å². The van der Waals surface area contributed by atoms with Crippen molar-refractivity contribution in [2.45, 2.75) is 38.1 Å². The molecule has 0 fully saturated rings. The van der Waals surface area contributed by atoms with Crippen LogP contribution in [0.25, 0.3) is 0 Å². The molecule has 2 unspecified atom stereocenters. The lowest BCUT2D eigenvalue weighted by atomic mass is 9.86. The van der Waals surface area contributed by atoms with Gasteiger partial charge >= 0.3 is 6.18 Å². The SMILES string of the molecule is CCC(C)(OC)C(NN)c1cnccc1C(F)(F)F. The smallest absolute Gasteiger partial charge is 0.376 e. The molecule has 0 saturated carbocycles. The van der Waals surface area contributed by atoms with Gasteiger partial charge in [-0.3, -0.25) is 16.3 Å². The maximum absolute atomic E-state index is 13.0. The van der Waals surface area contributed by atoms with Crippen molar-refractivity contribution in [2.24, 2.45) is 5.84 Å². The topological polar surface area (TPSA) is 60.2 Å². The largest absolute Gasteiger partial charge is 0.416 e. The van der Waals surface area contributed by atoms with E-state index in [0.29, 0.717) is 6.42 Å². The maximum atomic E-state index is 13.0. The molecule has 0 radical (unpaired) electrons. The molecule has 19 heavy (non-hydrogen) atoms. The van der Waals surface area contributed by atoms with Gasteiger partial charge in [0.1, 0.15) is 0 Å². The van der Waals surface area contributed by atoms with Gasteiger partial charge in [0.15, 0.2) is 0 Å². The third-order valence-corrected chi connectivity index (χ3v) is 3.41. The molecule has 4 nitrogen and oxygen atoms in total. The van der Waals surface area contributed by atoms with Crippen molar-refractivity contribution in [1.29, 1.82) is 0 Å². The first kappa shape index (κ1) is 15.9. The van der Waals surface area contributed by atoms with Gasteiger partial charge in [0.25, 0.3) is 0 Å². The standard InChI is InChI=1S/C12H18F3N3O/c1-4-11(2,19-3)10(18-16)8-7-17-6-5-9(8)12(13,14)15/h5-7,10,18H,4,16H2,1-3H3. The molecule has 108 valence electrons. The molecule has 1 aromatic heterocycles. The summed E-state index contributed by atoms with van der Waals surface area (Å²) < 4.78 is 44.3. The Kier molecular flexibility index (Phi) is 4.89. The van der Waals surface area contributed by atoms with E-state index in [0.717, 1.165) is 12.3 Å². The van der Waals surface area contributed by atoms with E-state index in [-0.39, 0.29) is 5.56 Å². The van der Waals surface area contributed by atoms with Crippen molar-refractivity contribution in [3.05, 3.63) is 29.6 Å². The van der Waals surface area contributed by atoms with Crippen LogP contribution in [0.4, 0.5) is 13.2 Å². The molecule has 1 aromatic rings. The van der Waals surface area contributed by atoms with Crippen LogP contribution in [-0.4, -0.2) is 17.7 Å². The van der Waals surface area contributed by atoms with Crippen molar-refractivity contribution in [2.75, 3.05) is 7.11 Å². The van der Waals surface area contributed by atoms with Gasteiger partial charge in [-0.25, -0.2) is 0 Å². The molecule has 0 aliphatic carbocycles. The van der Waals surface area contributed by atoms with Gasteiger partial charge in [0.05, 0.1) is 17.2 Å². The fraction of sp³-hybridized carbons (Fsp3) is 0.583. The molecule has 2 atom stereocenters. The Hall–Kier alpha value is -1.18. The van der Waals surface area contributed by atoms with E-state index in [2.05, 4.69) is 10.4 Å². The van der Waals surface area contributed by atoms with E-state index in [4.69, 9.17) is 10.6 Å². The predicted molar refractivity (Wildman–Crippen MR) is 65.0 cm³/mol. The molecule has 0 saturated heterocycles. The molecule has 0 aliphatic heterocycles. The molecular formula is C12H18F3N3O. The van der Waals surface area contributed by atoms with E-state index < -0.39 is 23.4 Å². The van der Waals surface area contributed by atoms with Crippen molar-refractivity contribution in [3.63, 3.8) is 0 Å². The second-order valence-corrected chi connectivity index (χ2v) is 4.43. The van der Waals surface area contributed by atoms with Gasteiger partial charge in [0, 0.05) is 25.1 Å². The van der Waals surface area contributed by atoms with E-state index in [1.807, 2.05) is 6.92 Å². The number of alkyl halides is 3. The number of hydrogen-bond acceptors (Lipinski definition) is 4. The lowest BCUT2D eigenvalue weighted by Crippen LogP contribution is -2.46. The maximum Gasteiger partial charge on any atom is 0.416 e. The Morgan fingerprint density at radius 3 is 2.53 bits per heavy atom. The van der Waals surface area contributed by atoms with Gasteiger partial charge < -0.3 is 4.74 Å². The van der Waals surface area contributed by atoms with Crippen LogP contribution in [0.3, 0.4) is 0 Å². The highest BCUT2D eigenvalue weighted by molar-refractivity contribution is 5.31. The van der Waals surface area contributed by atoms with Gasteiger partial charge in [-0.05, 0) is 19.4 Å². The number of aromatic nitrogens is 1. The lowest BCUT2D eigenvalue weighted by molar-refractivity contribution is -0.139. The fourth-order valence-electron chi connectivity index (χ4n) is 1.96. The number of pyridine rings is 1. The Bertz CT molecular complexity index is 419. The Balaban J connectivity index is 3.34. The zero-order chi connectivity index (χ0) is 14.7. The van der Waals surface area contributed by atoms with Gasteiger partial charge in [-0.1, -0.05) is 6.92 Å². The highest BCUT2D eigenvalue weighted by Crippen LogP contribution is 2.38. The number of ether oxygens (including phenoxy) is 1. The van der Waals surface area contributed by atoms with Crippen molar-refractivity contribution >= 4 is 0 Å². The van der Waals surface area contributed by atoms with Crippen molar-refractivity contribution in [1.82, 2.24) is 10.4 Å². The van der Waals surface area contributed by atoms with Crippen molar-refractivity contribution in [3.8, 4) is 0 Å². The summed E-state index contributed by atoms with van der Waals surface area (Å²) in [5.74, 6) is 5.43. The summed E-state index contributed by atoms with van der Waals surface area (Å²) in [6.45, 7) is 3.52. The average molecular weight is 277 g/mol. The van der Waals surface area contributed by atoms with Crippen LogP contribution in [0.15, 0.2) is 18.5 Å². The van der Waals surface area contributed by atoms with Crippen LogP contribution in [-0.2, 0) is 10.9 Å². The average Bonchev–Trinajstić information content (AvgIpc) is 2.38. The van der Waals surface area contributed by atoms with Crippen LogP contribution in [0.1, 0.15) is 37.4 Å². The molecule has 1 heterocycles. The summed E-state index contributed by atoms with van der Waals surface area (Å²) in [7, 11) is 1.44. The lowest BCUT2D eigenvalue weighted by Gasteiger charge is -2.36. The Morgan fingerprint density at radius 2 is 2.11 bits per heavy atom. The zero-order valence-electron chi connectivity index (χ0n) is 11.1. The minimum atomic E-state index is -4.46. The van der Waals surface area contributed by atoms with Crippen LogP contribution in [0.2, 0.25) is 0 Å². The van der Waals surface area contributed by atoms with E-state index >= 15 is 0 Å². The number of methoxy groups -OCH3 is 1. The normalized spacial score (nSPS) is 17.0. The third-order valence-electron chi connectivity index (χ3n) is 3.41. The van der Waals surface area contributed by atoms with Crippen LogP contribution >= 0.6 is 0 Å². The first-order chi connectivity index (χ1) is 8.80. The summed E-state index contributed by atoms with van der Waals surface area (Å²) in [6.07, 6.45) is -1.70. The monoisotopic (exact) mass is 277 g/mol. The van der Waals surface area contributed by atoms with E-state index in [9.17, 15) is 13.2 Å². The number of nitrogens with one attached hydrogen (secondary N) is 1. The number of rotatable bonds is 5. The van der Waals surface area contributed by atoms with Crippen LogP contribution < -0.4 is 11.3 Å². The molecule has 0 spiro atoms. The fourth-order valence-corrected chi connectivity index (χ4v) is 1.96. The summed E-state index contributed by atoms with van der Waals surface area (Å²) in [6, 6.07) is 0.124. The molecule has 7 heteroatoms. The minimum Gasteiger partial charge on any atom is -0.376 e. The third kappa shape index (κ3) is 3.23. The number of halogens is 3.